The summed E-state index contributed by atoms with van der Waals surface area (Å²) < 4.78 is 26.8. The number of nitrogens with one attached hydrogen (secondary N) is 1. The van der Waals surface area contributed by atoms with Crippen molar-refractivity contribution in [3.63, 3.8) is 0 Å². The number of esters is 1. The third-order valence-corrected chi connectivity index (χ3v) is 6.52. The summed E-state index contributed by atoms with van der Waals surface area (Å²) in [6.45, 7) is 0.344. The van der Waals surface area contributed by atoms with Crippen LogP contribution in [0.2, 0.25) is 0 Å². The summed E-state index contributed by atoms with van der Waals surface area (Å²) in [6.07, 6.45) is -0.877. The van der Waals surface area contributed by atoms with Gasteiger partial charge in [-0.2, -0.15) is 0 Å². The molecule has 0 radical (unpaired) electrons. The lowest BCUT2D eigenvalue weighted by molar-refractivity contribution is -0.151. The number of carboxylic acids is 1. The lowest BCUT2D eigenvalue weighted by Gasteiger charge is -2.28. The zero-order valence-electron chi connectivity index (χ0n) is 22.9. The normalized spacial score (nSPS) is 17.1. The van der Waals surface area contributed by atoms with Gasteiger partial charge in [-0.1, -0.05) is 30.3 Å². The smallest absolute Gasteiger partial charge is 0.328 e. The molecule has 0 aliphatic carbocycles. The molecule has 2 N–H and O–H groups in total. The predicted molar refractivity (Wildman–Crippen MR) is 141 cm³/mol. The maximum Gasteiger partial charge on any atom is 0.328 e. The van der Waals surface area contributed by atoms with Gasteiger partial charge in [0.2, 0.25) is 11.7 Å². The molecule has 0 spiro atoms. The zero-order valence-corrected chi connectivity index (χ0v) is 22.9. The van der Waals surface area contributed by atoms with Gasteiger partial charge in [-0.15, -0.1) is 0 Å². The molecule has 2 aromatic carbocycles. The maximum absolute atomic E-state index is 13.7. The van der Waals surface area contributed by atoms with Crippen LogP contribution >= 0.6 is 0 Å². The van der Waals surface area contributed by atoms with E-state index in [0.29, 0.717) is 0 Å². The van der Waals surface area contributed by atoms with Gasteiger partial charge in [-0.05, 0) is 24.1 Å². The van der Waals surface area contributed by atoms with Crippen LogP contribution in [0.1, 0.15) is 35.2 Å². The number of hydrogen-bond donors (Lipinski definition) is 2. The Morgan fingerprint density at radius 1 is 1.00 bits per heavy atom. The van der Waals surface area contributed by atoms with Crippen LogP contribution < -0.4 is 19.5 Å². The molecule has 40 heavy (non-hydrogen) atoms. The number of benzene rings is 2. The van der Waals surface area contributed by atoms with Crippen molar-refractivity contribution in [2.24, 2.45) is 0 Å². The molecule has 1 saturated heterocycles. The first-order chi connectivity index (χ1) is 19.2. The third-order valence-electron chi connectivity index (χ3n) is 6.52. The van der Waals surface area contributed by atoms with Crippen molar-refractivity contribution in [1.29, 1.82) is 0 Å². The fourth-order valence-corrected chi connectivity index (χ4v) is 4.49. The molecule has 3 rings (SSSR count). The molecule has 12 heteroatoms. The average molecular weight is 559 g/mol. The van der Waals surface area contributed by atoms with Crippen molar-refractivity contribution >= 4 is 23.8 Å². The van der Waals surface area contributed by atoms with E-state index in [1.54, 1.807) is 0 Å². The average Bonchev–Trinajstić information content (AvgIpc) is 3.41. The van der Waals surface area contributed by atoms with Crippen molar-refractivity contribution in [2.75, 3.05) is 35.0 Å². The second kappa shape index (κ2) is 14.2. The highest BCUT2D eigenvalue weighted by Crippen LogP contribution is 2.38. The van der Waals surface area contributed by atoms with Gasteiger partial charge < -0.3 is 39.0 Å². The van der Waals surface area contributed by atoms with E-state index in [-0.39, 0.29) is 48.8 Å². The summed E-state index contributed by atoms with van der Waals surface area (Å²) in [5.41, 5.74) is 1.02. The molecule has 1 heterocycles. The standard InChI is InChI=1S/C28H34N2O10/c1-36-22-12-18(13-23(37-2)25(22)38-3)26(33)29-20(10-11-24(31)32)27(34)30-15-19(14-21(30)28(35)39-4)40-16-17-8-6-5-7-9-17/h5-9,12-13,19-21H,10-11,14-16H2,1-4H3,(H,29,33)(H,31,32)/t19?,20-,21+/m1/s1. The van der Waals surface area contributed by atoms with Gasteiger partial charge in [-0.3, -0.25) is 14.4 Å². The lowest BCUT2D eigenvalue weighted by Crippen LogP contribution is -2.52. The molecular formula is C28H34N2O10. The van der Waals surface area contributed by atoms with Crippen LogP contribution in [0.5, 0.6) is 17.2 Å². The molecule has 0 saturated carbocycles. The highest BCUT2D eigenvalue weighted by molar-refractivity contribution is 5.99. The number of carboxylic acid groups (broad SMARTS) is 1. The first-order valence-electron chi connectivity index (χ1n) is 12.6. The van der Waals surface area contributed by atoms with Crippen LogP contribution in [0.4, 0.5) is 0 Å². The molecule has 1 aliphatic rings. The lowest BCUT2D eigenvalue weighted by atomic mass is 10.1. The van der Waals surface area contributed by atoms with Crippen LogP contribution in [-0.2, 0) is 30.5 Å². The van der Waals surface area contributed by atoms with Crippen molar-refractivity contribution in [2.45, 2.75) is 44.1 Å². The number of methoxy groups -OCH3 is 4. The maximum atomic E-state index is 13.7. The number of hydrogen-bond acceptors (Lipinski definition) is 9. The Hall–Kier alpha value is -4.32. The minimum atomic E-state index is -1.25. The molecule has 216 valence electrons. The van der Waals surface area contributed by atoms with Crippen molar-refractivity contribution < 1.29 is 48.0 Å². The Balaban J connectivity index is 1.83. The predicted octanol–water partition coefficient (Wildman–Crippen LogP) is 2.03. The topological polar surface area (TPSA) is 150 Å². The highest BCUT2D eigenvalue weighted by atomic mass is 16.5. The summed E-state index contributed by atoms with van der Waals surface area (Å²) in [6, 6.07) is 10.1. The molecule has 0 aromatic heterocycles. The van der Waals surface area contributed by atoms with Crippen LogP contribution in [0, 0.1) is 0 Å². The van der Waals surface area contributed by atoms with Crippen LogP contribution in [0.3, 0.4) is 0 Å². The van der Waals surface area contributed by atoms with E-state index in [4.69, 9.17) is 23.7 Å². The van der Waals surface area contributed by atoms with Gasteiger partial charge in [-0.25, -0.2) is 4.79 Å². The number of ether oxygens (including phenoxy) is 5. The number of rotatable bonds is 13. The zero-order chi connectivity index (χ0) is 29.2. The highest BCUT2D eigenvalue weighted by Gasteiger charge is 2.43. The third kappa shape index (κ3) is 7.41. The SMILES string of the molecule is COC(=O)[C@@H]1CC(OCc2ccccc2)CN1C(=O)[C@@H](CCC(=O)O)NC(=O)c1cc(OC)c(OC)c(OC)c1. The summed E-state index contributed by atoms with van der Waals surface area (Å²) in [5, 5.41) is 11.9. The van der Waals surface area contributed by atoms with E-state index in [2.05, 4.69) is 5.32 Å². The van der Waals surface area contributed by atoms with E-state index < -0.39 is 48.4 Å². The Bertz CT molecular complexity index is 1180. The van der Waals surface area contributed by atoms with Gasteiger partial charge in [0, 0.05) is 24.9 Å². The summed E-state index contributed by atoms with van der Waals surface area (Å²) in [4.78, 5) is 52.2. The van der Waals surface area contributed by atoms with Gasteiger partial charge in [0.1, 0.15) is 12.1 Å². The van der Waals surface area contributed by atoms with Gasteiger partial charge >= 0.3 is 11.9 Å². The fourth-order valence-electron chi connectivity index (χ4n) is 4.49. The van der Waals surface area contributed by atoms with Gasteiger partial charge in [0.15, 0.2) is 11.5 Å². The number of amides is 2. The largest absolute Gasteiger partial charge is 0.493 e. The second-order valence-corrected chi connectivity index (χ2v) is 9.06. The van der Waals surface area contributed by atoms with E-state index in [0.717, 1.165) is 5.56 Å². The molecule has 2 amide bonds. The Kier molecular flexibility index (Phi) is 10.7. The monoisotopic (exact) mass is 558 g/mol. The molecule has 1 fully saturated rings. The van der Waals surface area contributed by atoms with Crippen LogP contribution in [0.15, 0.2) is 42.5 Å². The van der Waals surface area contributed by atoms with E-state index in [9.17, 15) is 24.3 Å². The van der Waals surface area contributed by atoms with Crippen molar-refractivity contribution in [3.05, 3.63) is 53.6 Å². The minimum Gasteiger partial charge on any atom is -0.493 e. The quantitative estimate of drug-likeness (QED) is 0.350. The first kappa shape index (κ1) is 30.2. The van der Waals surface area contributed by atoms with Gasteiger partial charge in [0.05, 0.1) is 41.2 Å². The first-order valence-corrected chi connectivity index (χ1v) is 12.6. The minimum absolute atomic E-state index is 0.0645. The molecule has 0 bridgehead atoms. The fraction of sp³-hybridized carbons (Fsp3) is 0.429. The van der Waals surface area contributed by atoms with E-state index in [1.807, 2.05) is 30.3 Å². The molecule has 1 unspecified atom stereocenters. The van der Waals surface area contributed by atoms with Crippen LogP contribution in [-0.4, -0.2) is 86.9 Å². The molecule has 1 aliphatic heterocycles. The van der Waals surface area contributed by atoms with E-state index in [1.165, 1.54) is 45.5 Å². The second-order valence-electron chi connectivity index (χ2n) is 9.06. The molecule has 3 atom stereocenters. The number of likely N-dealkylation sites (tertiary alicyclic amines) is 1. The number of carbonyl (C=O) groups is 4. The van der Waals surface area contributed by atoms with Gasteiger partial charge in [0.25, 0.3) is 5.91 Å². The number of carbonyl (C=O) groups excluding carboxylic acids is 3. The van der Waals surface area contributed by atoms with Crippen LogP contribution in [0.25, 0.3) is 0 Å². The van der Waals surface area contributed by atoms with E-state index >= 15 is 0 Å². The number of aliphatic carboxylic acids is 1. The molecule has 2 aromatic rings. The summed E-state index contributed by atoms with van der Waals surface area (Å²) in [7, 11) is 5.44. The van der Waals surface area contributed by atoms with Crippen molar-refractivity contribution in [3.8, 4) is 17.2 Å². The summed E-state index contributed by atoms with van der Waals surface area (Å²) in [5.74, 6) is -2.34. The molecule has 12 nitrogen and oxygen atoms in total. The Morgan fingerprint density at radius 3 is 2.20 bits per heavy atom. The number of nitrogens with zero attached hydrogens (tertiary/aromatic N) is 1. The molecular weight excluding hydrogens is 524 g/mol. The summed E-state index contributed by atoms with van der Waals surface area (Å²) >= 11 is 0. The Labute approximate surface area is 232 Å². The van der Waals surface area contributed by atoms with Crippen molar-refractivity contribution in [1.82, 2.24) is 10.2 Å². The Morgan fingerprint density at radius 2 is 1.65 bits per heavy atom.